The van der Waals surface area contributed by atoms with Crippen LogP contribution in [-0.2, 0) is 4.74 Å². The topological polar surface area (TPSA) is 87.7 Å². The van der Waals surface area contributed by atoms with Gasteiger partial charge in [-0.2, -0.15) is 4.39 Å². The van der Waals surface area contributed by atoms with Crippen molar-refractivity contribution >= 4 is 29.5 Å². The molecule has 4 heterocycles. The molecule has 32 heavy (non-hydrogen) atoms. The van der Waals surface area contributed by atoms with Crippen LogP contribution in [0.5, 0.6) is 0 Å². The standard InChI is InChI=1S/C23H26FN5O3/c1-22(2)14-32-21(31)29(22)18-7-6-15(20(30)26-17-5-3-4-16(24)25-17)19(27-18)28-12-10-23(8-9-23)11-13-28/h3-7H,8-14H2,1-2H3,(H,25,26,30). The van der Waals surface area contributed by atoms with Crippen LogP contribution in [0.4, 0.5) is 26.6 Å². The van der Waals surface area contributed by atoms with Gasteiger partial charge in [0.2, 0.25) is 5.95 Å². The highest BCUT2D eigenvalue weighted by Crippen LogP contribution is 2.54. The highest BCUT2D eigenvalue weighted by Gasteiger charge is 2.45. The normalized spacial score (nSPS) is 20.9. The summed E-state index contributed by atoms with van der Waals surface area (Å²) in [7, 11) is 0. The maximum absolute atomic E-state index is 13.5. The van der Waals surface area contributed by atoms with Gasteiger partial charge in [-0.25, -0.2) is 14.8 Å². The van der Waals surface area contributed by atoms with Crippen LogP contribution in [0, 0.1) is 11.4 Å². The highest BCUT2D eigenvalue weighted by molar-refractivity contribution is 6.07. The van der Waals surface area contributed by atoms with Crippen LogP contribution in [-0.4, -0.2) is 47.2 Å². The number of carbonyl (C=O) groups is 2. The molecule has 0 aromatic carbocycles. The Morgan fingerprint density at radius 3 is 2.47 bits per heavy atom. The van der Waals surface area contributed by atoms with E-state index in [-0.39, 0.29) is 12.4 Å². The number of aromatic nitrogens is 2. The molecule has 168 valence electrons. The summed E-state index contributed by atoms with van der Waals surface area (Å²) in [6.07, 6.45) is 4.19. The summed E-state index contributed by atoms with van der Waals surface area (Å²) in [6.45, 7) is 5.68. The average Bonchev–Trinajstić information content (AvgIpc) is 3.45. The number of nitrogens with zero attached hydrogens (tertiary/aromatic N) is 4. The summed E-state index contributed by atoms with van der Waals surface area (Å²) in [4.78, 5) is 37.6. The van der Waals surface area contributed by atoms with Crippen LogP contribution in [0.2, 0.25) is 0 Å². The molecule has 0 bridgehead atoms. The number of carbonyl (C=O) groups excluding carboxylic acids is 2. The molecule has 1 aliphatic carbocycles. The van der Waals surface area contributed by atoms with E-state index in [2.05, 4.69) is 15.2 Å². The third kappa shape index (κ3) is 3.76. The van der Waals surface area contributed by atoms with Crippen molar-refractivity contribution in [3.63, 3.8) is 0 Å². The maximum atomic E-state index is 13.5. The molecule has 1 spiro atoms. The van der Waals surface area contributed by atoms with E-state index in [9.17, 15) is 14.0 Å². The monoisotopic (exact) mass is 439 g/mol. The molecule has 8 nitrogen and oxygen atoms in total. The fraction of sp³-hybridized carbons (Fsp3) is 0.478. The Morgan fingerprint density at radius 2 is 1.84 bits per heavy atom. The molecule has 0 unspecified atom stereocenters. The summed E-state index contributed by atoms with van der Waals surface area (Å²) >= 11 is 0. The van der Waals surface area contributed by atoms with E-state index >= 15 is 0 Å². The van der Waals surface area contributed by atoms with E-state index in [1.54, 1.807) is 12.1 Å². The minimum Gasteiger partial charge on any atom is -0.447 e. The fourth-order valence-electron chi connectivity index (χ4n) is 4.53. The number of nitrogens with one attached hydrogen (secondary N) is 1. The summed E-state index contributed by atoms with van der Waals surface area (Å²) < 4.78 is 18.7. The molecule has 5 rings (SSSR count). The number of amides is 2. The Bertz CT molecular complexity index is 1080. The number of hydrogen-bond acceptors (Lipinski definition) is 6. The molecule has 9 heteroatoms. The number of anilines is 3. The first-order valence-corrected chi connectivity index (χ1v) is 10.9. The van der Waals surface area contributed by atoms with E-state index in [0.29, 0.717) is 22.6 Å². The van der Waals surface area contributed by atoms with Gasteiger partial charge < -0.3 is 15.0 Å². The first-order valence-electron chi connectivity index (χ1n) is 10.9. The number of hydrogen-bond donors (Lipinski definition) is 1. The van der Waals surface area contributed by atoms with Gasteiger partial charge in [-0.05, 0) is 69.2 Å². The second-order valence-corrected chi connectivity index (χ2v) is 9.53. The van der Waals surface area contributed by atoms with Gasteiger partial charge in [0.25, 0.3) is 5.91 Å². The Balaban J connectivity index is 1.49. The number of ether oxygens (including phenoxy) is 1. The smallest absolute Gasteiger partial charge is 0.416 e. The number of cyclic esters (lactones) is 1. The maximum Gasteiger partial charge on any atom is 0.416 e. The number of halogens is 1. The Hall–Kier alpha value is -3.23. The molecule has 2 saturated heterocycles. The van der Waals surface area contributed by atoms with Crippen molar-refractivity contribution in [2.24, 2.45) is 5.41 Å². The van der Waals surface area contributed by atoms with Crippen molar-refractivity contribution in [1.29, 1.82) is 0 Å². The lowest BCUT2D eigenvalue weighted by Crippen LogP contribution is -2.43. The van der Waals surface area contributed by atoms with Crippen molar-refractivity contribution in [3.8, 4) is 0 Å². The highest BCUT2D eigenvalue weighted by atomic mass is 19.1. The summed E-state index contributed by atoms with van der Waals surface area (Å²) in [5, 5.41) is 2.66. The molecule has 1 saturated carbocycles. The SMILES string of the molecule is CC1(C)COC(=O)N1c1ccc(C(=O)Nc2cccc(F)n2)c(N2CCC3(CC2)CC3)n1. The zero-order valence-electron chi connectivity index (χ0n) is 18.2. The molecule has 2 amide bonds. The van der Waals surface area contributed by atoms with Gasteiger partial charge in [0.1, 0.15) is 24.1 Å². The predicted octanol–water partition coefficient (Wildman–Crippen LogP) is 3.98. The van der Waals surface area contributed by atoms with E-state index in [4.69, 9.17) is 9.72 Å². The van der Waals surface area contributed by atoms with Crippen LogP contribution in [0.3, 0.4) is 0 Å². The first-order chi connectivity index (χ1) is 15.3. The van der Waals surface area contributed by atoms with Crippen molar-refractivity contribution < 1.29 is 18.7 Å². The molecule has 2 aromatic heterocycles. The van der Waals surface area contributed by atoms with Gasteiger partial charge in [-0.1, -0.05) is 6.07 Å². The van der Waals surface area contributed by atoms with Crippen molar-refractivity contribution in [2.45, 2.75) is 45.1 Å². The van der Waals surface area contributed by atoms with Crippen LogP contribution in [0.1, 0.15) is 49.9 Å². The molecule has 1 N–H and O–H groups in total. The van der Waals surface area contributed by atoms with E-state index in [1.807, 2.05) is 13.8 Å². The van der Waals surface area contributed by atoms with Crippen LogP contribution < -0.4 is 15.1 Å². The van der Waals surface area contributed by atoms with Gasteiger partial charge in [-0.3, -0.25) is 9.69 Å². The lowest BCUT2D eigenvalue weighted by Gasteiger charge is -2.35. The molecule has 0 atom stereocenters. The molecule has 2 aliphatic heterocycles. The zero-order chi connectivity index (χ0) is 22.5. The molecular weight excluding hydrogens is 413 g/mol. The second-order valence-electron chi connectivity index (χ2n) is 9.53. The number of rotatable bonds is 4. The third-order valence-electron chi connectivity index (χ3n) is 6.71. The number of piperidine rings is 1. The van der Waals surface area contributed by atoms with Gasteiger partial charge in [0.05, 0.1) is 11.1 Å². The van der Waals surface area contributed by atoms with Crippen molar-refractivity contribution in [3.05, 3.63) is 41.8 Å². The van der Waals surface area contributed by atoms with Crippen LogP contribution >= 0.6 is 0 Å². The zero-order valence-corrected chi connectivity index (χ0v) is 18.2. The quantitative estimate of drug-likeness (QED) is 0.725. The largest absolute Gasteiger partial charge is 0.447 e. The molecule has 3 fully saturated rings. The van der Waals surface area contributed by atoms with Gasteiger partial charge in [0, 0.05) is 13.1 Å². The number of pyridine rings is 2. The van der Waals surface area contributed by atoms with Crippen LogP contribution in [0.15, 0.2) is 30.3 Å². The Kier molecular flexibility index (Phi) is 4.79. The van der Waals surface area contributed by atoms with Crippen molar-refractivity contribution in [2.75, 3.05) is 34.8 Å². The first kappa shape index (κ1) is 20.7. The summed E-state index contributed by atoms with van der Waals surface area (Å²) in [5.41, 5.74) is 0.274. The van der Waals surface area contributed by atoms with Crippen molar-refractivity contribution in [1.82, 2.24) is 9.97 Å². The molecule has 3 aliphatic rings. The minimum absolute atomic E-state index is 0.129. The summed E-state index contributed by atoms with van der Waals surface area (Å²) in [5.74, 6) is -0.00365. The lowest BCUT2D eigenvalue weighted by atomic mass is 9.93. The van der Waals surface area contributed by atoms with E-state index in [1.165, 1.54) is 35.9 Å². The second kappa shape index (κ2) is 7.43. The predicted molar refractivity (Wildman–Crippen MR) is 117 cm³/mol. The average molecular weight is 439 g/mol. The van der Waals surface area contributed by atoms with E-state index < -0.39 is 23.5 Å². The summed E-state index contributed by atoms with van der Waals surface area (Å²) in [6, 6.07) is 7.55. The van der Waals surface area contributed by atoms with E-state index in [0.717, 1.165) is 25.9 Å². The van der Waals surface area contributed by atoms with Gasteiger partial charge in [0.15, 0.2) is 0 Å². The Morgan fingerprint density at radius 1 is 1.09 bits per heavy atom. The molecule has 2 aromatic rings. The third-order valence-corrected chi connectivity index (χ3v) is 6.71. The van der Waals surface area contributed by atoms with Gasteiger partial charge >= 0.3 is 6.09 Å². The lowest BCUT2D eigenvalue weighted by molar-refractivity contribution is 0.102. The molecule has 0 radical (unpaired) electrons. The minimum atomic E-state index is -0.669. The fourth-order valence-corrected chi connectivity index (χ4v) is 4.53. The molecular formula is C23H26FN5O3. The van der Waals surface area contributed by atoms with Gasteiger partial charge in [-0.15, -0.1) is 0 Å². The van der Waals surface area contributed by atoms with Crippen LogP contribution in [0.25, 0.3) is 0 Å². The Labute approximate surface area is 185 Å².